The fourth-order valence-corrected chi connectivity index (χ4v) is 3.77. The van der Waals surface area contributed by atoms with Crippen molar-refractivity contribution in [3.05, 3.63) is 64.0 Å². The van der Waals surface area contributed by atoms with Gasteiger partial charge in [-0.15, -0.1) is 22.7 Å². The molecule has 0 saturated carbocycles. The molecule has 1 aromatic carbocycles. The maximum Gasteiger partial charge on any atom is 0.416 e. The maximum atomic E-state index is 12.5. The molecule has 0 aliphatic heterocycles. The van der Waals surface area contributed by atoms with Crippen molar-refractivity contribution in [2.75, 3.05) is 0 Å². The number of nitrogens with zero attached hydrogens (tertiary/aromatic N) is 1. The lowest BCUT2D eigenvalue weighted by atomic mass is 10.1. The Morgan fingerprint density at radius 3 is 2.52 bits per heavy atom. The molecule has 0 radical (unpaired) electrons. The predicted molar refractivity (Wildman–Crippen MR) is 92.4 cm³/mol. The molecule has 2 aromatic heterocycles. The van der Waals surface area contributed by atoms with E-state index in [1.807, 2.05) is 22.9 Å². The molecule has 3 rings (SSSR count). The van der Waals surface area contributed by atoms with Crippen LogP contribution in [0.15, 0.2) is 47.2 Å². The molecule has 0 bridgehead atoms. The second-order valence-electron chi connectivity index (χ2n) is 5.27. The molecular weight excluding hydrogens is 369 g/mol. The van der Waals surface area contributed by atoms with Gasteiger partial charge < -0.3 is 5.32 Å². The van der Waals surface area contributed by atoms with Gasteiger partial charge in [-0.3, -0.25) is 4.79 Å². The second-order valence-corrected chi connectivity index (χ2v) is 7.08. The molecule has 3 aromatic rings. The van der Waals surface area contributed by atoms with Gasteiger partial charge >= 0.3 is 6.18 Å². The first kappa shape index (κ1) is 17.6. The number of nitrogens with one attached hydrogen (secondary N) is 1. The molecule has 3 nitrogen and oxygen atoms in total. The van der Waals surface area contributed by atoms with Crippen LogP contribution in [0.5, 0.6) is 0 Å². The molecule has 0 atom stereocenters. The Bertz CT molecular complexity index is 840. The summed E-state index contributed by atoms with van der Waals surface area (Å²) in [6.45, 7) is 0.179. The van der Waals surface area contributed by atoms with Gasteiger partial charge in [-0.25, -0.2) is 4.98 Å². The molecule has 0 aliphatic carbocycles. The summed E-state index contributed by atoms with van der Waals surface area (Å²) in [4.78, 5) is 17.5. The van der Waals surface area contributed by atoms with Crippen molar-refractivity contribution >= 4 is 28.6 Å². The van der Waals surface area contributed by atoms with Gasteiger partial charge in [0.05, 0.1) is 22.6 Å². The quantitative estimate of drug-likeness (QED) is 0.692. The highest BCUT2D eigenvalue weighted by Gasteiger charge is 2.29. The summed E-state index contributed by atoms with van der Waals surface area (Å²) >= 11 is 3.07. The summed E-state index contributed by atoms with van der Waals surface area (Å²) in [5, 5.41) is 7.38. The number of alkyl halides is 3. The molecule has 1 amide bonds. The molecule has 1 N–H and O–H groups in total. The van der Waals surface area contributed by atoms with Gasteiger partial charge in [0.2, 0.25) is 5.91 Å². The van der Waals surface area contributed by atoms with Crippen LogP contribution in [0.4, 0.5) is 13.2 Å². The number of thiophene rings is 1. The van der Waals surface area contributed by atoms with E-state index >= 15 is 0 Å². The van der Waals surface area contributed by atoms with Crippen molar-refractivity contribution in [1.29, 1.82) is 0 Å². The first-order valence-corrected chi connectivity index (χ1v) is 9.09. The summed E-state index contributed by atoms with van der Waals surface area (Å²) in [5.74, 6) is -0.220. The van der Waals surface area contributed by atoms with E-state index in [4.69, 9.17) is 0 Å². The SMILES string of the molecule is O=C(Cc1csc(-c2cccs2)n1)NCc1ccc(C(F)(F)F)cc1. The molecule has 0 aliphatic rings. The summed E-state index contributed by atoms with van der Waals surface area (Å²) in [6, 6.07) is 8.65. The van der Waals surface area contributed by atoms with Crippen molar-refractivity contribution in [2.45, 2.75) is 19.1 Å². The maximum absolute atomic E-state index is 12.5. The molecule has 0 unspecified atom stereocenters. The van der Waals surface area contributed by atoms with E-state index in [2.05, 4.69) is 10.3 Å². The fraction of sp³-hybridized carbons (Fsp3) is 0.176. The van der Waals surface area contributed by atoms with Crippen molar-refractivity contribution < 1.29 is 18.0 Å². The molecule has 0 fully saturated rings. The Morgan fingerprint density at radius 2 is 1.88 bits per heavy atom. The number of carbonyl (C=O) groups is 1. The van der Waals surface area contributed by atoms with Gasteiger partial charge in [-0.2, -0.15) is 13.2 Å². The normalized spacial score (nSPS) is 11.5. The van der Waals surface area contributed by atoms with Crippen LogP contribution in [0.2, 0.25) is 0 Å². The monoisotopic (exact) mass is 382 g/mol. The first-order chi connectivity index (χ1) is 11.9. The van der Waals surface area contributed by atoms with Crippen LogP contribution in [-0.2, 0) is 23.9 Å². The van der Waals surface area contributed by atoms with Crippen molar-refractivity contribution in [2.24, 2.45) is 0 Å². The second kappa shape index (κ2) is 7.37. The summed E-state index contributed by atoms with van der Waals surface area (Å²) in [7, 11) is 0. The van der Waals surface area contributed by atoms with Crippen LogP contribution < -0.4 is 5.32 Å². The zero-order chi connectivity index (χ0) is 17.9. The van der Waals surface area contributed by atoms with Gasteiger partial charge in [0.1, 0.15) is 5.01 Å². The van der Waals surface area contributed by atoms with E-state index in [0.29, 0.717) is 11.3 Å². The van der Waals surface area contributed by atoms with Gasteiger partial charge in [0, 0.05) is 11.9 Å². The van der Waals surface area contributed by atoms with Gasteiger partial charge in [0.15, 0.2) is 0 Å². The molecule has 0 spiro atoms. The Kier molecular flexibility index (Phi) is 5.19. The summed E-state index contributed by atoms with van der Waals surface area (Å²) < 4.78 is 37.5. The highest BCUT2D eigenvalue weighted by molar-refractivity contribution is 7.20. The van der Waals surface area contributed by atoms with E-state index in [0.717, 1.165) is 22.0 Å². The molecule has 0 saturated heterocycles. The number of benzene rings is 1. The van der Waals surface area contributed by atoms with Crippen molar-refractivity contribution in [1.82, 2.24) is 10.3 Å². The number of rotatable bonds is 5. The lowest BCUT2D eigenvalue weighted by Gasteiger charge is -2.08. The lowest BCUT2D eigenvalue weighted by Crippen LogP contribution is -2.24. The molecular formula is C17H13F3N2OS2. The topological polar surface area (TPSA) is 42.0 Å². The predicted octanol–water partition coefficient (Wildman–Crippen LogP) is 4.75. The molecule has 2 heterocycles. The largest absolute Gasteiger partial charge is 0.416 e. The lowest BCUT2D eigenvalue weighted by molar-refractivity contribution is -0.137. The third-order valence-corrected chi connectivity index (χ3v) is 5.33. The Balaban J connectivity index is 1.53. The van der Waals surface area contributed by atoms with Crippen LogP contribution in [-0.4, -0.2) is 10.9 Å². The third-order valence-electron chi connectivity index (χ3n) is 3.40. The zero-order valence-electron chi connectivity index (χ0n) is 12.8. The minimum absolute atomic E-state index is 0.141. The molecule has 130 valence electrons. The van der Waals surface area contributed by atoms with Crippen LogP contribution in [0.1, 0.15) is 16.8 Å². The van der Waals surface area contributed by atoms with E-state index in [1.54, 1.807) is 11.3 Å². The summed E-state index contributed by atoms with van der Waals surface area (Å²) in [5.41, 5.74) is 0.586. The average Bonchev–Trinajstić information content (AvgIpc) is 3.23. The van der Waals surface area contributed by atoms with E-state index in [-0.39, 0.29) is 18.9 Å². The van der Waals surface area contributed by atoms with Crippen LogP contribution in [0, 0.1) is 0 Å². The van der Waals surface area contributed by atoms with Gasteiger partial charge in [-0.05, 0) is 29.1 Å². The number of hydrogen-bond donors (Lipinski definition) is 1. The Morgan fingerprint density at radius 1 is 1.12 bits per heavy atom. The Hall–Kier alpha value is -2.19. The van der Waals surface area contributed by atoms with E-state index in [1.165, 1.54) is 23.5 Å². The van der Waals surface area contributed by atoms with E-state index < -0.39 is 11.7 Å². The Labute approximate surface area is 150 Å². The number of halogens is 3. The van der Waals surface area contributed by atoms with Crippen molar-refractivity contribution in [3.63, 3.8) is 0 Å². The minimum Gasteiger partial charge on any atom is -0.352 e. The van der Waals surface area contributed by atoms with Crippen LogP contribution in [0.25, 0.3) is 9.88 Å². The summed E-state index contributed by atoms with van der Waals surface area (Å²) in [6.07, 6.45) is -4.21. The fourth-order valence-electron chi connectivity index (χ4n) is 2.14. The standard InChI is InChI=1S/C17H13F3N2OS2/c18-17(19,20)12-5-3-11(4-6-12)9-21-15(23)8-13-10-25-16(22-13)14-2-1-7-24-14/h1-7,10H,8-9H2,(H,21,23). The minimum atomic E-state index is -4.35. The van der Waals surface area contributed by atoms with Crippen LogP contribution >= 0.6 is 22.7 Å². The van der Waals surface area contributed by atoms with Gasteiger partial charge in [0.25, 0.3) is 0 Å². The highest BCUT2D eigenvalue weighted by atomic mass is 32.1. The average molecular weight is 382 g/mol. The number of thiazole rings is 1. The van der Waals surface area contributed by atoms with Crippen molar-refractivity contribution in [3.8, 4) is 9.88 Å². The molecule has 25 heavy (non-hydrogen) atoms. The van der Waals surface area contributed by atoms with Gasteiger partial charge in [-0.1, -0.05) is 18.2 Å². The number of aromatic nitrogens is 1. The van der Waals surface area contributed by atoms with E-state index in [9.17, 15) is 18.0 Å². The third kappa shape index (κ3) is 4.67. The number of hydrogen-bond acceptors (Lipinski definition) is 4. The highest BCUT2D eigenvalue weighted by Crippen LogP contribution is 2.29. The number of amides is 1. The smallest absolute Gasteiger partial charge is 0.352 e. The number of carbonyl (C=O) groups excluding carboxylic acids is 1. The zero-order valence-corrected chi connectivity index (χ0v) is 14.5. The van der Waals surface area contributed by atoms with Crippen LogP contribution in [0.3, 0.4) is 0 Å². The first-order valence-electron chi connectivity index (χ1n) is 7.33. The molecule has 8 heteroatoms.